The zero-order valence-corrected chi connectivity index (χ0v) is 15.0. The summed E-state index contributed by atoms with van der Waals surface area (Å²) in [6.07, 6.45) is 2.83. The first-order valence-corrected chi connectivity index (χ1v) is 8.47. The summed E-state index contributed by atoms with van der Waals surface area (Å²) in [5.41, 5.74) is 2.62. The number of alkyl halides is 1. The van der Waals surface area contributed by atoms with E-state index >= 15 is 0 Å². The predicted molar refractivity (Wildman–Crippen MR) is 88.3 cm³/mol. The maximum Gasteiger partial charge on any atom is 0.328 e. The highest BCUT2D eigenvalue weighted by atomic mass is 79.9. The van der Waals surface area contributed by atoms with Crippen molar-refractivity contribution < 1.29 is 19.5 Å². The number of hydrazine groups is 1. The Labute approximate surface area is 140 Å². The molecule has 0 aliphatic carbocycles. The van der Waals surface area contributed by atoms with Gasteiger partial charge in [-0.05, 0) is 12.3 Å². The molecule has 0 fully saturated rings. The molecule has 0 radical (unpaired) electrons. The van der Waals surface area contributed by atoms with Gasteiger partial charge in [0.05, 0.1) is 0 Å². The number of carbonyl (C=O) groups excluding carboxylic acids is 2. The molecule has 0 aliphatic rings. The van der Waals surface area contributed by atoms with E-state index in [4.69, 9.17) is 0 Å². The van der Waals surface area contributed by atoms with Crippen LogP contribution in [-0.4, -0.2) is 39.3 Å². The van der Waals surface area contributed by atoms with Crippen LogP contribution in [0.15, 0.2) is 12.2 Å². The van der Waals surface area contributed by atoms with Crippen LogP contribution in [0.5, 0.6) is 0 Å². The molecule has 7 heteroatoms. The Kier molecular flexibility index (Phi) is 9.73. The zero-order chi connectivity index (χ0) is 17.3. The second kappa shape index (κ2) is 10.4. The molecule has 0 aliphatic heterocycles. The summed E-state index contributed by atoms with van der Waals surface area (Å²) in [4.78, 5) is 35.7. The van der Waals surface area contributed by atoms with Gasteiger partial charge in [0.2, 0.25) is 5.91 Å². The summed E-state index contributed by atoms with van der Waals surface area (Å²) in [5, 5.41) is 10.5. The van der Waals surface area contributed by atoms with E-state index in [0.717, 1.165) is 17.9 Å². The van der Waals surface area contributed by atoms with Crippen molar-refractivity contribution in [1.82, 2.24) is 10.4 Å². The van der Waals surface area contributed by atoms with Crippen molar-refractivity contribution in [2.75, 3.05) is 5.33 Å². The molecule has 0 spiro atoms. The van der Waals surface area contributed by atoms with Gasteiger partial charge in [-0.25, -0.2) is 9.80 Å². The highest BCUT2D eigenvalue weighted by Gasteiger charge is 2.34. The standard InChI is InChI=1S/C15H25BrN2O4/c1-5-6-7-8-12(19)17-18(14(20)11(4)9-16)13(10(2)3)15(21)22/h10,13H,4-9H2,1-3H3,(H,17,19)(H,21,22)/t13-/m0/s1. The fraction of sp³-hybridized carbons (Fsp3) is 0.667. The van der Waals surface area contributed by atoms with Crippen LogP contribution in [0.2, 0.25) is 0 Å². The number of unbranched alkanes of at least 4 members (excludes halogenated alkanes) is 2. The van der Waals surface area contributed by atoms with Crippen molar-refractivity contribution in [1.29, 1.82) is 0 Å². The van der Waals surface area contributed by atoms with Crippen molar-refractivity contribution in [3.05, 3.63) is 12.2 Å². The number of halogens is 1. The summed E-state index contributed by atoms with van der Waals surface area (Å²) in [6.45, 7) is 8.98. The lowest BCUT2D eigenvalue weighted by Gasteiger charge is -2.31. The van der Waals surface area contributed by atoms with Gasteiger partial charge in [-0.15, -0.1) is 0 Å². The number of nitrogens with one attached hydrogen (secondary N) is 1. The molecule has 0 bridgehead atoms. The van der Waals surface area contributed by atoms with Crippen molar-refractivity contribution in [3.63, 3.8) is 0 Å². The SMILES string of the molecule is C=C(CBr)C(=O)N(NC(=O)CCCCC)[C@H](C(=O)O)C(C)C. The summed E-state index contributed by atoms with van der Waals surface area (Å²) < 4.78 is 0. The highest BCUT2D eigenvalue weighted by molar-refractivity contribution is 9.09. The second-order valence-electron chi connectivity index (χ2n) is 5.43. The Morgan fingerprint density at radius 1 is 1.27 bits per heavy atom. The molecule has 0 saturated carbocycles. The Morgan fingerprint density at radius 3 is 2.27 bits per heavy atom. The Bertz CT molecular complexity index is 424. The van der Waals surface area contributed by atoms with E-state index in [1.807, 2.05) is 6.92 Å². The molecule has 6 nitrogen and oxygen atoms in total. The highest BCUT2D eigenvalue weighted by Crippen LogP contribution is 2.14. The molecule has 22 heavy (non-hydrogen) atoms. The van der Waals surface area contributed by atoms with Crippen LogP contribution in [0.4, 0.5) is 0 Å². The minimum atomic E-state index is -1.17. The summed E-state index contributed by atoms with van der Waals surface area (Å²) >= 11 is 3.12. The van der Waals surface area contributed by atoms with Gasteiger partial charge in [0.1, 0.15) is 0 Å². The largest absolute Gasteiger partial charge is 0.480 e. The van der Waals surface area contributed by atoms with Gasteiger partial charge in [-0.2, -0.15) is 0 Å². The van der Waals surface area contributed by atoms with Crippen molar-refractivity contribution in [3.8, 4) is 0 Å². The predicted octanol–water partition coefficient (Wildman–Crippen LogP) is 2.49. The molecule has 2 amide bonds. The Hall–Kier alpha value is -1.37. The summed E-state index contributed by atoms with van der Waals surface area (Å²) in [7, 11) is 0. The lowest BCUT2D eigenvalue weighted by atomic mass is 10.0. The molecular weight excluding hydrogens is 352 g/mol. The number of carbonyl (C=O) groups is 3. The topological polar surface area (TPSA) is 86.7 Å². The van der Waals surface area contributed by atoms with Crippen LogP contribution < -0.4 is 5.43 Å². The van der Waals surface area contributed by atoms with Crippen LogP contribution in [0.3, 0.4) is 0 Å². The van der Waals surface area contributed by atoms with Crippen molar-refractivity contribution in [2.24, 2.45) is 5.92 Å². The molecule has 2 N–H and O–H groups in total. The maximum atomic E-state index is 12.3. The minimum Gasteiger partial charge on any atom is -0.480 e. The van der Waals surface area contributed by atoms with E-state index in [0.29, 0.717) is 6.42 Å². The quantitative estimate of drug-likeness (QED) is 0.280. The van der Waals surface area contributed by atoms with E-state index in [1.54, 1.807) is 13.8 Å². The van der Waals surface area contributed by atoms with Gasteiger partial charge in [-0.1, -0.05) is 56.1 Å². The van der Waals surface area contributed by atoms with Gasteiger partial charge >= 0.3 is 5.97 Å². The molecule has 0 saturated heterocycles. The fourth-order valence-electron chi connectivity index (χ4n) is 1.89. The van der Waals surface area contributed by atoms with E-state index in [1.165, 1.54) is 0 Å². The first kappa shape index (κ1) is 20.6. The zero-order valence-electron chi connectivity index (χ0n) is 13.4. The monoisotopic (exact) mass is 376 g/mol. The number of amides is 2. The molecule has 0 rings (SSSR count). The number of nitrogens with zero attached hydrogens (tertiary/aromatic N) is 1. The third-order valence-corrected chi connectivity index (χ3v) is 3.77. The van der Waals surface area contributed by atoms with Crippen LogP contribution in [0, 0.1) is 5.92 Å². The van der Waals surface area contributed by atoms with E-state index < -0.39 is 17.9 Å². The minimum absolute atomic E-state index is 0.181. The molecule has 0 aromatic carbocycles. The summed E-state index contributed by atoms with van der Waals surface area (Å²) in [5.74, 6) is -2.49. The number of rotatable bonds is 9. The maximum absolute atomic E-state index is 12.3. The lowest BCUT2D eigenvalue weighted by molar-refractivity contribution is -0.156. The molecule has 0 aromatic rings. The van der Waals surface area contributed by atoms with Crippen LogP contribution >= 0.6 is 15.9 Å². The van der Waals surface area contributed by atoms with Crippen molar-refractivity contribution >= 4 is 33.7 Å². The number of aliphatic carboxylic acids is 1. The summed E-state index contributed by atoms with van der Waals surface area (Å²) in [6, 6.07) is -1.14. The van der Waals surface area contributed by atoms with E-state index in [2.05, 4.69) is 27.9 Å². The molecular formula is C15H25BrN2O4. The number of carboxylic acids is 1. The van der Waals surface area contributed by atoms with Crippen molar-refractivity contribution in [2.45, 2.75) is 52.5 Å². The first-order chi connectivity index (χ1) is 10.3. The second-order valence-corrected chi connectivity index (χ2v) is 5.99. The molecule has 0 heterocycles. The van der Waals surface area contributed by atoms with Gasteiger partial charge in [0.25, 0.3) is 5.91 Å². The Balaban J connectivity index is 5.16. The Morgan fingerprint density at radius 2 is 1.86 bits per heavy atom. The van der Waals surface area contributed by atoms with Crippen LogP contribution in [0.25, 0.3) is 0 Å². The normalized spacial score (nSPS) is 11.9. The average Bonchev–Trinajstić information content (AvgIpc) is 2.44. The van der Waals surface area contributed by atoms with Gasteiger partial charge in [-0.3, -0.25) is 15.0 Å². The molecule has 1 atom stereocenters. The smallest absolute Gasteiger partial charge is 0.328 e. The average molecular weight is 377 g/mol. The number of hydrogen-bond acceptors (Lipinski definition) is 3. The molecule has 0 unspecified atom stereocenters. The third-order valence-electron chi connectivity index (χ3n) is 3.10. The van der Waals surface area contributed by atoms with E-state index in [9.17, 15) is 19.5 Å². The van der Waals surface area contributed by atoms with Crippen LogP contribution in [-0.2, 0) is 14.4 Å². The van der Waals surface area contributed by atoms with Gasteiger partial charge < -0.3 is 5.11 Å². The third kappa shape index (κ3) is 6.60. The number of hydrogen-bond donors (Lipinski definition) is 2. The lowest BCUT2D eigenvalue weighted by Crippen LogP contribution is -2.57. The molecule has 0 aromatic heterocycles. The first-order valence-electron chi connectivity index (χ1n) is 7.35. The van der Waals surface area contributed by atoms with E-state index in [-0.39, 0.29) is 29.1 Å². The van der Waals surface area contributed by atoms with Gasteiger partial charge in [0.15, 0.2) is 6.04 Å². The van der Waals surface area contributed by atoms with Crippen LogP contribution in [0.1, 0.15) is 46.5 Å². The number of carboxylic acid groups (broad SMARTS) is 1. The van der Waals surface area contributed by atoms with Gasteiger partial charge in [0, 0.05) is 17.3 Å². The fourth-order valence-corrected chi connectivity index (χ4v) is 2.13. The molecule has 126 valence electrons.